The number of carboxylic acids is 1. The van der Waals surface area contributed by atoms with E-state index in [1.807, 2.05) is 24.3 Å². The maximum atomic E-state index is 11.3. The topological polar surface area (TPSA) is 83.6 Å². The number of rotatable bonds is 3. The first-order valence-electron chi connectivity index (χ1n) is 5.85. The van der Waals surface area contributed by atoms with Gasteiger partial charge in [-0.25, -0.2) is 0 Å². The second kappa shape index (κ2) is 4.78. The molecule has 2 unspecified atom stereocenters. The fourth-order valence-corrected chi connectivity index (χ4v) is 2.34. The van der Waals surface area contributed by atoms with Gasteiger partial charge in [0.2, 0.25) is 5.91 Å². The number of hydrogen-bond donors (Lipinski definition) is 2. The van der Waals surface area contributed by atoms with Crippen molar-refractivity contribution in [2.24, 2.45) is 5.73 Å². The molecule has 0 radical (unpaired) electrons. The van der Waals surface area contributed by atoms with Crippen LogP contribution in [0.15, 0.2) is 24.3 Å². The van der Waals surface area contributed by atoms with Crippen LogP contribution in [0.4, 0.5) is 0 Å². The van der Waals surface area contributed by atoms with E-state index in [0.29, 0.717) is 13.0 Å². The predicted molar refractivity (Wildman–Crippen MR) is 65.8 cm³/mol. The number of carbonyl (C=O) groups is 2. The molecule has 0 aromatic heterocycles. The van der Waals surface area contributed by atoms with Gasteiger partial charge in [-0.1, -0.05) is 24.3 Å². The van der Waals surface area contributed by atoms with E-state index in [0.717, 1.165) is 11.1 Å². The lowest BCUT2D eigenvalue weighted by Gasteiger charge is -2.37. The summed E-state index contributed by atoms with van der Waals surface area (Å²) in [6.07, 6.45) is 0.406. The van der Waals surface area contributed by atoms with Gasteiger partial charge in [-0.05, 0) is 24.5 Å². The van der Waals surface area contributed by atoms with Crippen molar-refractivity contribution in [3.8, 4) is 0 Å². The second-order valence-electron chi connectivity index (χ2n) is 4.58. The highest BCUT2D eigenvalue weighted by atomic mass is 16.4. The Morgan fingerprint density at radius 2 is 2.00 bits per heavy atom. The number of carboxylic acid groups (broad SMARTS) is 1. The lowest BCUT2D eigenvalue weighted by atomic mass is 9.92. The van der Waals surface area contributed by atoms with Crippen molar-refractivity contribution in [2.75, 3.05) is 0 Å². The van der Waals surface area contributed by atoms with Crippen LogP contribution in [0, 0.1) is 0 Å². The highest BCUT2D eigenvalue weighted by Crippen LogP contribution is 2.25. The smallest absolute Gasteiger partial charge is 0.321 e. The molecule has 5 nitrogen and oxygen atoms in total. The minimum Gasteiger partial charge on any atom is -0.480 e. The van der Waals surface area contributed by atoms with Crippen molar-refractivity contribution in [2.45, 2.75) is 32.0 Å². The molecule has 0 fully saturated rings. The maximum absolute atomic E-state index is 11.3. The molecule has 1 heterocycles. The zero-order valence-corrected chi connectivity index (χ0v) is 10.2. The lowest BCUT2D eigenvalue weighted by Crippen LogP contribution is -2.53. The van der Waals surface area contributed by atoms with Crippen LogP contribution in [0.3, 0.4) is 0 Å². The zero-order valence-electron chi connectivity index (χ0n) is 10.2. The summed E-state index contributed by atoms with van der Waals surface area (Å²) in [4.78, 5) is 24.2. The molecule has 0 spiro atoms. The molecule has 3 N–H and O–H groups in total. The van der Waals surface area contributed by atoms with Crippen LogP contribution in [0.2, 0.25) is 0 Å². The van der Waals surface area contributed by atoms with Crippen molar-refractivity contribution < 1.29 is 14.7 Å². The van der Waals surface area contributed by atoms with Gasteiger partial charge in [0, 0.05) is 6.54 Å². The molecule has 1 amide bonds. The molecule has 2 atom stereocenters. The maximum Gasteiger partial charge on any atom is 0.321 e. The van der Waals surface area contributed by atoms with Crippen LogP contribution < -0.4 is 5.73 Å². The van der Waals surface area contributed by atoms with Gasteiger partial charge in [0.25, 0.3) is 0 Å². The number of aliphatic carboxylic acids is 1. The monoisotopic (exact) mass is 248 g/mol. The van der Waals surface area contributed by atoms with E-state index in [2.05, 4.69) is 0 Å². The van der Waals surface area contributed by atoms with Crippen LogP contribution in [0.1, 0.15) is 18.1 Å². The first kappa shape index (κ1) is 12.6. The number of fused-ring (bicyclic) bond motifs is 1. The molecule has 96 valence electrons. The molecule has 0 aliphatic carbocycles. The van der Waals surface area contributed by atoms with Crippen molar-refractivity contribution in [3.63, 3.8) is 0 Å². The molecule has 1 aromatic rings. The van der Waals surface area contributed by atoms with Gasteiger partial charge in [0.05, 0.1) is 6.04 Å². The van der Waals surface area contributed by atoms with Crippen molar-refractivity contribution in [3.05, 3.63) is 35.4 Å². The van der Waals surface area contributed by atoms with E-state index in [4.69, 9.17) is 5.73 Å². The van der Waals surface area contributed by atoms with E-state index >= 15 is 0 Å². The Kier molecular flexibility index (Phi) is 3.34. The molecule has 1 aliphatic rings. The Hall–Kier alpha value is -1.88. The SMILES string of the molecule is CC(C(N)=O)N1Cc2ccccc2CC1C(=O)O. The largest absolute Gasteiger partial charge is 0.480 e. The van der Waals surface area contributed by atoms with Gasteiger partial charge < -0.3 is 10.8 Å². The average molecular weight is 248 g/mol. The van der Waals surface area contributed by atoms with Gasteiger partial charge in [0.15, 0.2) is 0 Å². The van der Waals surface area contributed by atoms with Gasteiger partial charge in [0.1, 0.15) is 6.04 Å². The quantitative estimate of drug-likeness (QED) is 0.809. The van der Waals surface area contributed by atoms with Crippen molar-refractivity contribution in [1.29, 1.82) is 0 Å². The minimum absolute atomic E-state index is 0.406. The number of amides is 1. The van der Waals surface area contributed by atoms with Crippen LogP contribution in [-0.2, 0) is 22.6 Å². The molecule has 0 bridgehead atoms. The third kappa shape index (κ3) is 2.22. The number of carbonyl (C=O) groups excluding carboxylic acids is 1. The summed E-state index contributed by atoms with van der Waals surface area (Å²) < 4.78 is 0. The molecule has 1 aliphatic heterocycles. The third-order valence-electron chi connectivity index (χ3n) is 3.48. The zero-order chi connectivity index (χ0) is 13.3. The Bertz CT molecular complexity index is 487. The Balaban J connectivity index is 2.34. The van der Waals surface area contributed by atoms with E-state index in [9.17, 15) is 14.7 Å². The summed E-state index contributed by atoms with van der Waals surface area (Å²) in [5.74, 6) is -1.42. The van der Waals surface area contributed by atoms with Gasteiger partial charge in [-0.3, -0.25) is 14.5 Å². The number of hydrogen-bond acceptors (Lipinski definition) is 3. The molecular weight excluding hydrogens is 232 g/mol. The number of benzene rings is 1. The van der Waals surface area contributed by atoms with E-state index in [1.165, 1.54) is 0 Å². The van der Waals surface area contributed by atoms with Crippen molar-refractivity contribution in [1.82, 2.24) is 4.90 Å². The summed E-state index contributed by atoms with van der Waals surface area (Å²) in [5.41, 5.74) is 7.36. The standard InChI is InChI=1S/C13H16N2O3/c1-8(12(14)16)15-7-10-5-3-2-4-9(10)6-11(15)13(17)18/h2-5,8,11H,6-7H2,1H3,(H2,14,16)(H,17,18). The van der Waals surface area contributed by atoms with E-state index < -0.39 is 24.0 Å². The Morgan fingerprint density at radius 1 is 1.39 bits per heavy atom. The first-order valence-corrected chi connectivity index (χ1v) is 5.85. The van der Waals surface area contributed by atoms with E-state index in [-0.39, 0.29) is 0 Å². The van der Waals surface area contributed by atoms with Crippen LogP contribution in [0.25, 0.3) is 0 Å². The summed E-state index contributed by atoms with van der Waals surface area (Å²) in [7, 11) is 0. The van der Waals surface area contributed by atoms with E-state index in [1.54, 1.807) is 11.8 Å². The lowest BCUT2D eigenvalue weighted by molar-refractivity contribution is -0.146. The molecule has 0 saturated carbocycles. The minimum atomic E-state index is -0.919. The van der Waals surface area contributed by atoms with Crippen molar-refractivity contribution >= 4 is 11.9 Å². The molecule has 5 heteroatoms. The average Bonchev–Trinajstić information content (AvgIpc) is 2.36. The second-order valence-corrected chi connectivity index (χ2v) is 4.58. The Labute approximate surface area is 105 Å². The fourth-order valence-electron chi connectivity index (χ4n) is 2.34. The molecule has 18 heavy (non-hydrogen) atoms. The van der Waals surface area contributed by atoms with Gasteiger partial charge >= 0.3 is 5.97 Å². The summed E-state index contributed by atoms with van der Waals surface area (Å²) in [6, 6.07) is 6.41. The van der Waals surface area contributed by atoms with Gasteiger partial charge in [-0.15, -0.1) is 0 Å². The molecule has 0 saturated heterocycles. The third-order valence-corrected chi connectivity index (χ3v) is 3.48. The number of primary amides is 1. The predicted octanol–water partition coefficient (Wildman–Crippen LogP) is 0.372. The summed E-state index contributed by atoms with van der Waals surface area (Å²) >= 11 is 0. The highest BCUT2D eigenvalue weighted by molar-refractivity contribution is 5.81. The highest BCUT2D eigenvalue weighted by Gasteiger charge is 2.35. The molecule has 1 aromatic carbocycles. The normalized spacial score (nSPS) is 21.1. The van der Waals surface area contributed by atoms with Crippen LogP contribution >= 0.6 is 0 Å². The molecular formula is C13H16N2O3. The summed E-state index contributed by atoms with van der Waals surface area (Å²) in [5, 5.41) is 9.27. The number of nitrogens with two attached hydrogens (primary N) is 1. The molecule has 2 rings (SSSR count). The van der Waals surface area contributed by atoms with Gasteiger partial charge in [-0.2, -0.15) is 0 Å². The van der Waals surface area contributed by atoms with Crippen LogP contribution in [0.5, 0.6) is 0 Å². The Morgan fingerprint density at radius 3 is 2.56 bits per heavy atom. The summed E-state index contributed by atoms with van der Waals surface area (Å²) in [6.45, 7) is 2.09. The fraction of sp³-hybridized carbons (Fsp3) is 0.385. The number of nitrogens with zero attached hydrogens (tertiary/aromatic N) is 1. The van der Waals surface area contributed by atoms with Crippen LogP contribution in [-0.4, -0.2) is 34.0 Å². The first-order chi connectivity index (χ1) is 8.50.